The van der Waals surface area contributed by atoms with E-state index in [0.717, 1.165) is 5.56 Å². The van der Waals surface area contributed by atoms with Crippen molar-refractivity contribution >= 4 is 41.0 Å². The highest BCUT2D eigenvalue weighted by Gasteiger charge is 2.18. The highest BCUT2D eigenvalue weighted by atomic mass is 35.5. The van der Waals surface area contributed by atoms with Gasteiger partial charge in [0.25, 0.3) is 5.91 Å². The molecule has 0 radical (unpaired) electrons. The molecule has 8 heteroatoms. The molecule has 0 bridgehead atoms. The summed E-state index contributed by atoms with van der Waals surface area (Å²) in [6.45, 7) is 0.192. The van der Waals surface area contributed by atoms with Crippen LogP contribution in [0.4, 0.5) is 0 Å². The van der Waals surface area contributed by atoms with Gasteiger partial charge in [-0.2, -0.15) is 0 Å². The summed E-state index contributed by atoms with van der Waals surface area (Å²) < 4.78 is 4.66. The Hall–Kier alpha value is -2.57. The van der Waals surface area contributed by atoms with Gasteiger partial charge in [-0.3, -0.25) is 14.4 Å². The first-order valence-corrected chi connectivity index (χ1v) is 9.27. The Morgan fingerprint density at radius 1 is 0.964 bits per heavy atom. The average molecular weight is 423 g/mol. The molecule has 1 N–H and O–H groups in total. The van der Waals surface area contributed by atoms with Crippen LogP contribution in [0.5, 0.6) is 0 Å². The molecular weight excluding hydrogens is 403 g/mol. The summed E-state index contributed by atoms with van der Waals surface area (Å²) in [6.07, 6.45) is 0.0455. The molecule has 0 heterocycles. The topological polar surface area (TPSA) is 75.7 Å². The molecule has 2 aromatic carbocycles. The van der Waals surface area contributed by atoms with E-state index in [2.05, 4.69) is 10.1 Å². The molecule has 2 amide bonds. The smallest absolute Gasteiger partial charge is 0.325 e. The number of hydrogen-bond donors (Lipinski definition) is 1. The van der Waals surface area contributed by atoms with E-state index in [9.17, 15) is 14.4 Å². The van der Waals surface area contributed by atoms with Crippen molar-refractivity contribution in [3.63, 3.8) is 0 Å². The van der Waals surface area contributed by atoms with Gasteiger partial charge in [0.2, 0.25) is 5.91 Å². The number of amides is 2. The second kappa shape index (κ2) is 10.7. The Bertz CT molecular complexity index is 823. The molecule has 0 spiro atoms. The summed E-state index contributed by atoms with van der Waals surface area (Å²) in [4.78, 5) is 37.7. The summed E-state index contributed by atoms with van der Waals surface area (Å²) in [5.41, 5.74) is 1.27. The molecule has 0 saturated carbocycles. The highest BCUT2D eigenvalue weighted by molar-refractivity contribution is 6.30. The molecule has 0 fully saturated rings. The van der Waals surface area contributed by atoms with Gasteiger partial charge in [0.15, 0.2) is 0 Å². The van der Waals surface area contributed by atoms with Crippen LogP contribution in [-0.4, -0.2) is 42.9 Å². The SMILES string of the molecule is COC(=O)CN(Cc1ccc(Cl)cc1)C(=O)CCNC(=O)c1ccc(Cl)cc1. The van der Waals surface area contributed by atoms with Crippen LogP contribution in [0.15, 0.2) is 48.5 Å². The molecular formula is C20H20Cl2N2O4. The fourth-order valence-electron chi connectivity index (χ4n) is 2.41. The molecule has 2 aromatic rings. The molecule has 0 aromatic heterocycles. The van der Waals surface area contributed by atoms with Gasteiger partial charge in [0, 0.05) is 35.1 Å². The van der Waals surface area contributed by atoms with Crippen molar-refractivity contribution in [2.45, 2.75) is 13.0 Å². The monoisotopic (exact) mass is 422 g/mol. The molecule has 28 heavy (non-hydrogen) atoms. The zero-order valence-electron chi connectivity index (χ0n) is 15.3. The van der Waals surface area contributed by atoms with Crippen molar-refractivity contribution in [2.75, 3.05) is 20.2 Å². The van der Waals surface area contributed by atoms with E-state index in [1.165, 1.54) is 12.0 Å². The van der Waals surface area contributed by atoms with Crippen LogP contribution in [0.1, 0.15) is 22.3 Å². The Morgan fingerprint density at radius 2 is 1.54 bits per heavy atom. The second-order valence-electron chi connectivity index (χ2n) is 5.97. The molecule has 2 rings (SSSR count). The number of carbonyl (C=O) groups excluding carboxylic acids is 3. The normalized spacial score (nSPS) is 10.2. The lowest BCUT2D eigenvalue weighted by atomic mass is 10.2. The van der Waals surface area contributed by atoms with Crippen molar-refractivity contribution in [1.29, 1.82) is 0 Å². The minimum atomic E-state index is -0.521. The van der Waals surface area contributed by atoms with Crippen molar-refractivity contribution in [3.05, 3.63) is 69.7 Å². The molecule has 0 aliphatic heterocycles. The summed E-state index contributed by atoms with van der Waals surface area (Å²) in [6, 6.07) is 13.4. The number of carbonyl (C=O) groups is 3. The minimum Gasteiger partial charge on any atom is -0.468 e. The lowest BCUT2D eigenvalue weighted by Gasteiger charge is -2.22. The molecule has 0 atom stereocenters. The lowest BCUT2D eigenvalue weighted by Crippen LogP contribution is -2.37. The number of esters is 1. The fraction of sp³-hybridized carbons (Fsp3) is 0.250. The maximum absolute atomic E-state index is 12.6. The molecule has 0 aliphatic rings. The van der Waals surface area contributed by atoms with E-state index in [0.29, 0.717) is 15.6 Å². The maximum Gasteiger partial charge on any atom is 0.325 e. The van der Waals surface area contributed by atoms with Crippen LogP contribution in [0.25, 0.3) is 0 Å². The third-order valence-corrected chi connectivity index (χ3v) is 4.42. The Balaban J connectivity index is 1.93. The van der Waals surface area contributed by atoms with E-state index < -0.39 is 5.97 Å². The Morgan fingerprint density at radius 3 is 2.11 bits per heavy atom. The third-order valence-electron chi connectivity index (χ3n) is 3.92. The van der Waals surface area contributed by atoms with Gasteiger partial charge in [-0.25, -0.2) is 0 Å². The van der Waals surface area contributed by atoms with Crippen molar-refractivity contribution in [1.82, 2.24) is 10.2 Å². The number of ether oxygens (including phenoxy) is 1. The van der Waals surface area contributed by atoms with Crippen LogP contribution in [-0.2, 0) is 20.9 Å². The van der Waals surface area contributed by atoms with Crippen LogP contribution < -0.4 is 5.32 Å². The number of hydrogen-bond acceptors (Lipinski definition) is 4. The van der Waals surface area contributed by atoms with Gasteiger partial charge < -0.3 is 15.0 Å². The number of methoxy groups -OCH3 is 1. The van der Waals surface area contributed by atoms with E-state index in [1.807, 2.05) is 0 Å². The number of benzene rings is 2. The van der Waals surface area contributed by atoms with Crippen molar-refractivity contribution < 1.29 is 19.1 Å². The van der Waals surface area contributed by atoms with Crippen LogP contribution in [0.2, 0.25) is 10.0 Å². The third kappa shape index (κ3) is 6.87. The predicted octanol–water partition coefficient (Wildman–Crippen LogP) is 3.32. The molecule has 148 valence electrons. The number of rotatable bonds is 8. The largest absolute Gasteiger partial charge is 0.468 e. The summed E-state index contributed by atoms with van der Waals surface area (Å²) >= 11 is 11.7. The summed E-state index contributed by atoms with van der Waals surface area (Å²) in [7, 11) is 1.26. The maximum atomic E-state index is 12.6. The first-order valence-electron chi connectivity index (χ1n) is 8.52. The van der Waals surface area contributed by atoms with Crippen LogP contribution in [0, 0.1) is 0 Å². The first-order chi connectivity index (χ1) is 13.4. The van der Waals surface area contributed by atoms with Crippen LogP contribution >= 0.6 is 23.2 Å². The van der Waals surface area contributed by atoms with Gasteiger partial charge in [0.1, 0.15) is 6.54 Å². The van der Waals surface area contributed by atoms with E-state index >= 15 is 0 Å². The molecule has 6 nitrogen and oxygen atoms in total. The second-order valence-corrected chi connectivity index (χ2v) is 6.84. The predicted molar refractivity (Wildman–Crippen MR) is 107 cm³/mol. The summed E-state index contributed by atoms with van der Waals surface area (Å²) in [5.74, 6) is -1.11. The van der Waals surface area contributed by atoms with Gasteiger partial charge in [-0.1, -0.05) is 35.3 Å². The Kier molecular flexibility index (Phi) is 8.29. The summed E-state index contributed by atoms with van der Waals surface area (Å²) in [5, 5.41) is 3.80. The number of halogens is 2. The highest BCUT2D eigenvalue weighted by Crippen LogP contribution is 2.12. The fourth-order valence-corrected chi connectivity index (χ4v) is 2.66. The van der Waals surface area contributed by atoms with Gasteiger partial charge in [0.05, 0.1) is 7.11 Å². The zero-order chi connectivity index (χ0) is 20.5. The van der Waals surface area contributed by atoms with Crippen LogP contribution in [0.3, 0.4) is 0 Å². The molecule has 0 aliphatic carbocycles. The molecule has 0 saturated heterocycles. The standard InChI is InChI=1S/C20H20Cl2N2O4/c1-28-19(26)13-24(12-14-2-6-16(21)7-3-14)18(25)10-11-23-20(27)15-4-8-17(22)9-5-15/h2-9H,10-13H2,1H3,(H,23,27). The van der Waals surface area contributed by atoms with E-state index in [1.54, 1.807) is 48.5 Å². The van der Waals surface area contributed by atoms with Crippen molar-refractivity contribution in [2.24, 2.45) is 0 Å². The lowest BCUT2D eigenvalue weighted by molar-refractivity contribution is -0.147. The van der Waals surface area contributed by atoms with Gasteiger partial charge in [-0.05, 0) is 42.0 Å². The average Bonchev–Trinajstić information content (AvgIpc) is 2.69. The number of nitrogens with one attached hydrogen (secondary N) is 1. The Labute approximate surface area is 173 Å². The first kappa shape index (κ1) is 21.7. The molecule has 0 unspecified atom stereocenters. The zero-order valence-corrected chi connectivity index (χ0v) is 16.8. The number of nitrogens with zero attached hydrogens (tertiary/aromatic N) is 1. The van der Waals surface area contributed by atoms with E-state index in [4.69, 9.17) is 23.2 Å². The minimum absolute atomic E-state index is 0.0455. The van der Waals surface area contributed by atoms with E-state index in [-0.39, 0.29) is 37.9 Å². The van der Waals surface area contributed by atoms with Gasteiger partial charge in [-0.15, -0.1) is 0 Å². The van der Waals surface area contributed by atoms with Gasteiger partial charge >= 0.3 is 5.97 Å². The quantitative estimate of drug-likeness (QED) is 0.661. The van der Waals surface area contributed by atoms with Crippen molar-refractivity contribution in [3.8, 4) is 0 Å².